The Hall–Kier alpha value is -3.60. The number of fused-ring (bicyclic) bond motifs is 3. The molecule has 5 nitrogen and oxygen atoms in total. The summed E-state index contributed by atoms with van der Waals surface area (Å²) in [7, 11) is 0. The van der Waals surface area contributed by atoms with Gasteiger partial charge in [0.05, 0.1) is 12.3 Å². The van der Waals surface area contributed by atoms with Gasteiger partial charge in [-0.2, -0.15) is 5.10 Å². The number of rotatable bonds is 5. The summed E-state index contributed by atoms with van der Waals surface area (Å²) < 4.78 is 11.3. The van der Waals surface area contributed by atoms with E-state index in [1.165, 1.54) is 0 Å². The first kappa shape index (κ1) is 17.8. The Morgan fingerprint density at radius 1 is 1.04 bits per heavy atom. The van der Waals surface area contributed by atoms with Gasteiger partial charge in [0.15, 0.2) is 5.76 Å². The van der Waals surface area contributed by atoms with Gasteiger partial charge in [0.2, 0.25) is 0 Å². The molecule has 0 aliphatic rings. The van der Waals surface area contributed by atoms with Gasteiger partial charge in [-0.05, 0) is 66.6 Å². The summed E-state index contributed by atoms with van der Waals surface area (Å²) in [6.45, 7) is 3.96. The average Bonchev–Trinajstić information content (AvgIpc) is 3.14. The molecule has 0 bridgehead atoms. The van der Waals surface area contributed by atoms with Gasteiger partial charge in [-0.1, -0.05) is 30.3 Å². The van der Waals surface area contributed by atoms with Gasteiger partial charge in [-0.3, -0.25) is 4.79 Å². The minimum absolute atomic E-state index is 0.125. The topological polar surface area (TPSA) is 63.8 Å². The maximum Gasteiger partial charge on any atom is 0.307 e. The monoisotopic (exact) mass is 372 g/mol. The van der Waals surface area contributed by atoms with Crippen LogP contribution in [0.1, 0.15) is 30.0 Å². The third-order valence-corrected chi connectivity index (χ3v) is 4.28. The van der Waals surface area contributed by atoms with E-state index in [9.17, 15) is 4.79 Å². The Bertz CT molecular complexity index is 1160. The minimum Gasteiger partial charge on any atom is -0.491 e. The smallest absolute Gasteiger partial charge is 0.307 e. The Labute approximate surface area is 162 Å². The maximum absolute atomic E-state index is 12.4. The van der Waals surface area contributed by atoms with E-state index in [0.29, 0.717) is 5.58 Å². The summed E-state index contributed by atoms with van der Waals surface area (Å²) >= 11 is 0. The molecule has 1 N–H and O–H groups in total. The number of nitrogens with one attached hydrogen (secondary N) is 1. The second-order valence-electron chi connectivity index (χ2n) is 6.74. The van der Waals surface area contributed by atoms with E-state index in [1.807, 2.05) is 74.5 Å². The fourth-order valence-corrected chi connectivity index (χ4v) is 3.03. The van der Waals surface area contributed by atoms with Crippen LogP contribution in [0.4, 0.5) is 0 Å². The number of carbonyl (C=O) groups excluding carboxylic acids is 1. The highest BCUT2D eigenvalue weighted by Gasteiger charge is 2.13. The first-order chi connectivity index (χ1) is 13.6. The van der Waals surface area contributed by atoms with E-state index >= 15 is 0 Å². The third-order valence-electron chi connectivity index (χ3n) is 4.28. The molecular weight excluding hydrogens is 352 g/mol. The van der Waals surface area contributed by atoms with Gasteiger partial charge < -0.3 is 9.15 Å². The molecule has 5 heteroatoms. The van der Waals surface area contributed by atoms with E-state index < -0.39 is 5.91 Å². The lowest BCUT2D eigenvalue weighted by molar-refractivity contribution is 0.0929. The molecule has 0 atom stereocenters. The summed E-state index contributed by atoms with van der Waals surface area (Å²) in [4.78, 5) is 12.4. The molecule has 3 aromatic carbocycles. The van der Waals surface area contributed by atoms with Gasteiger partial charge in [-0.25, -0.2) is 5.43 Å². The molecule has 4 rings (SSSR count). The zero-order valence-corrected chi connectivity index (χ0v) is 15.7. The molecule has 0 spiro atoms. The van der Waals surface area contributed by atoms with Crippen molar-refractivity contribution in [2.75, 3.05) is 0 Å². The van der Waals surface area contributed by atoms with Crippen molar-refractivity contribution in [1.29, 1.82) is 0 Å². The number of furan rings is 1. The molecule has 0 aliphatic heterocycles. The van der Waals surface area contributed by atoms with E-state index in [0.717, 1.165) is 27.5 Å². The number of hydrogen-bond donors (Lipinski definition) is 1. The molecule has 0 saturated heterocycles. The Kier molecular flexibility index (Phi) is 4.81. The largest absolute Gasteiger partial charge is 0.491 e. The Balaban J connectivity index is 1.47. The molecule has 1 heterocycles. The number of hydrazone groups is 1. The summed E-state index contributed by atoms with van der Waals surface area (Å²) in [5.41, 5.74) is 4.04. The quantitative estimate of drug-likeness (QED) is 0.390. The third kappa shape index (κ3) is 3.74. The van der Waals surface area contributed by atoms with Crippen LogP contribution in [-0.2, 0) is 0 Å². The van der Waals surface area contributed by atoms with Gasteiger partial charge in [0.1, 0.15) is 11.3 Å². The highest BCUT2D eigenvalue weighted by molar-refractivity contribution is 6.08. The molecule has 0 aliphatic carbocycles. The van der Waals surface area contributed by atoms with Crippen molar-refractivity contribution in [1.82, 2.24) is 5.43 Å². The molecular formula is C23H20N2O3. The van der Waals surface area contributed by atoms with Crippen molar-refractivity contribution in [3.8, 4) is 5.75 Å². The molecule has 28 heavy (non-hydrogen) atoms. The summed E-state index contributed by atoms with van der Waals surface area (Å²) in [6.07, 6.45) is 1.70. The van der Waals surface area contributed by atoms with Crippen LogP contribution in [0.15, 0.2) is 76.2 Å². The second-order valence-corrected chi connectivity index (χ2v) is 6.74. The van der Waals surface area contributed by atoms with Crippen LogP contribution in [-0.4, -0.2) is 18.2 Å². The maximum atomic E-state index is 12.4. The molecule has 1 aromatic heterocycles. The summed E-state index contributed by atoms with van der Waals surface area (Å²) in [5, 5.41) is 7.08. The SMILES string of the molecule is CC(C)Oc1ccc(/C=N/NC(=O)c2cc3c(ccc4ccccc43)o2)cc1. The van der Waals surface area contributed by atoms with E-state index in [1.54, 1.807) is 12.3 Å². The minimum atomic E-state index is -0.392. The molecule has 1 amide bonds. The van der Waals surface area contributed by atoms with Crippen LogP contribution in [0.2, 0.25) is 0 Å². The normalized spacial score (nSPS) is 11.5. The number of carbonyl (C=O) groups is 1. The number of nitrogens with zero attached hydrogens (tertiary/aromatic N) is 1. The number of amides is 1. The predicted octanol–water partition coefficient (Wildman–Crippen LogP) is 5.14. The Morgan fingerprint density at radius 3 is 2.61 bits per heavy atom. The van der Waals surface area contributed by atoms with Crippen LogP contribution in [0.5, 0.6) is 5.75 Å². The first-order valence-electron chi connectivity index (χ1n) is 9.11. The highest BCUT2D eigenvalue weighted by Crippen LogP contribution is 2.28. The van der Waals surface area contributed by atoms with Crippen LogP contribution in [0.3, 0.4) is 0 Å². The second kappa shape index (κ2) is 7.56. The molecule has 0 fully saturated rings. The van der Waals surface area contributed by atoms with Crippen LogP contribution < -0.4 is 10.2 Å². The fraction of sp³-hybridized carbons (Fsp3) is 0.130. The fourth-order valence-electron chi connectivity index (χ4n) is 3.03. The van der Waals surface area contributed by atoms with Crippen LogP contribution >= 0.6 is 0 Å². The van der Waals surface area contributed by atoms with Crippen molar-refractivity contribution in [2.24, 2.45) is 5.10 Å². The van der Waals surface area contributed by atoms with Crippen molar-refractivity contribution in [2.45, 2.75) is 20.0 Å². The van der Waals surface area contributed by atoms with E-state index in [-0.39, 0.29) is 11.9 Å². The lowest BCUT2D eigenvalue weighted by Crippen LogP contribution is -2.16. The van der Waals surface area contributed by atoms with E-state index in [4.69, 9.17) is 9.15 Å². The van der Waals surface area contributed by atoms with Crippen molar-refractivity contribution >= 4 is 33.9 Å². The summed E-state index contributed by atoms with van der Waals surface area (Å²) in [5.74, 6) is 0.631. The van der Waals surface area contributed by atoms with Crippen LogP contribution in [0.25, 0.3) is 21.7 Å². The standard InChI is InChI=1S/C23H20N2O3/c1-15(2)27-18-10-7-16(8-11-18)14-24-25-23(26)22-13-20-19-6-4-3-5-17(19)9-12-21(20)28-22/h3-15H,1-2H3,(H,25,26)/b24-14+. The van der Waals surface area contributed by atoms with Gasteiger partial charge >= 0.3 is 5.91 Å². The molecule has 0 radical (unpaired) electrons. The number of ether oxygens (including phenoxy) is 1. The van der Waals surface area contributed by atoms with Crippen molar-refractivity contribution in [3.05, 3.63) is 78.1 Å². The van der Waals surface area contributed by atoms with Crippen LogP contribution in [0, 0.1) is 0 Å². The Morgan fingerprint density at radius 2 is 1.82 bits per heavy atom. The van der Waals surface area contributed by atoms with Gasteiger partial charge in [-0.15, -0.1) is 0 Å². The van der Waals surface area contributed by atoms with Gasteiger partial charge in [0, 0.05) is 5.39 Å². The van der Waals surface area contributed by atoms with Crippen molar-refractivity contribution < 1.29 is 13.9 Å². The molecule has 0 saturated carbocycles. The summed E-state index contributed by atoms with van der Waals surface area (Å²) in [6, 6.07) is 21.1. The van der Waals surface area contributed by atoms with Gasteiger partial charge in [0.25, 0.3) is 0 Å². The zero-order chi connectivity index (χ0) is 19.5. The molecule has 4 aromatic rings. The average molecular weight is 372 g/mol. The lowest BCUT2D eigenvalue weighted by Gasteiger charge is -2.08. The number of benzene rings is 3. The zero-order valence-electron chi connectivity index (χ0n) is 15.7. The molecule has 140 valence electrons. The number of hydrogen-bond acceptors (Lipinski definition) is 4. The predicted molar refractivity (Wildman–Crippen MR) is 111 cm³/mol. The molecule has 0 unspecified atom stereocenters. The highest BCUT2D eigenvalue weighted by atomic mass is 16.5. The van der Waals surface area contributed by atoms with E-state index in [2.05, 4.69) is 10.5 Å². The first-order valence-corrected chi connectivity index (χ1v) is 9.11. The lowest BCUT2D eigenvalue weighted by atomic mass is 10.1. The van der Waals surface area contributed by atoms with Crippen molar-refractivity contribution in [3.63, 3.8) is 0 Å².